The van der Waals surface area contributed by atoms with E-state index in [0.29, 0.717) is 5.82 Å². The molecule has 0 bridgehead atoms. The van der Waals surface area contributed by atoms with Crippen LogP contribution in [0.5, 0.6) is 0 Å². The second-order valence-electron chi connectivity index (χ2n) is 16.6. The summed E-state index contributed by atoms with van der Waals surface area (Å²) < 4.78 is 0. The average molecular weight is 841 g/mol. The van der Waals surface area contributed by atoms with Gasteiger partial charge in [-0.1, -0.05) is 224 Å². The first kappa shape index (κ1) is 38.8. The van der Waals surface area contributed by atoms with Crippen LogP contribution in [0.25, 0.3) is 122 Å². The molecule has 308 valence electrons. The summed E-state index contributed by atoms with van der Waals surface area (Å²) in [5.41, 5.74) is 17.7. The molecule has 3 heterocycles. The molecular weight excluding hydrogens is 801 g/mol. The van der Waals surface area contributed by atoms with E-state index in [1.165, 1.54) is 22.1 Å². The van der Waals surface area contributed by atoms with E-state index in [9.17, 15) is 0 Å². The van der Waals surface area contributed by atoms with Gasteiger partial charge in [0.2, 0.25) is 0 Å². The summed E-state index contributed by atoms with van der Waals surface area (Å²) in [6.07, 6.45) is 0. The quantitative estimate of drug-likeness (QED) is 0.143. The van der Waals surface area contributed by atoms with E-state index in [1.54, 1.807) is 0 Å². The van der Waals surface area contributed by atoms with Crippen molar-refractivity contribution in [3.8, 4) is 89.8 Å². The van der Waals surface area contributed by atoms with Gasteiger partial charge in [0.1, 0.15) is 0 Å². The van der Waals surface area contributed by atoms with Crippen molar-refractivity contribution in [2.45, 2.75) is 0 Å². The van der Waals surface area contributed by atoms with E-state index in [2.05, 4.69) is 200 Å². The smallest absolute Gasteiger partial charge is 0.160 e. The van der Waals surface area contributed by atoms with Gasteiger partial charge in [0, 0.05) is 38.6 Å². The average Bonchev–Trinajstić information content (AvgIpc) is 3.41. The standard InChI is InChI=1S/C62H40N4/c1-4-12-41(13-5-1)42-22-28-47(29-23-42)58-40-59(66-62(65-58)51-16-8-3-9-17-51)48-30-24-44(25-31-48)43-20-26-45(27-21-43)52-36-37-55(54-19-11-10-18-53(52)54)57-39-35-50-33-32-49-34-38-56(46-14-6-2-7-15-46)63-60(49)61(50)64-57/h1-40H. The number of rotatable bonds is 8. The molecule has 12 rings (SSSR count). The molecule has 0 saturated carbocycles. The van der Waals surface area contributed by atoms with E-state index in [1.807, 2.05) is 42.5 Å². The number of hydrogen-bond donors (Lipinski definition) is 0. The summed E-state index contributed by atoms with van der Waals surface area (Å²) in [6, 6.07) is 85.2. The number of nitrogens with zero attached hydrogens (tertiary/aromatic N) is 4. The third kappa shape index (κ3) is 7.36. The van der Waals surface area contributed by atoms with Crippen LogP contribution in [0.2, 0.25) is 0 Å². The topological polar surface area (TPSA) is 51.6 Å². The zero-order valence-electron chi connectivity index (χ0n) is 35.9. The molecule has 66 heavy (non-hydrogen) atoms. The lowest BCUT2D eigenvalue weighted by Gasteiger charge is -2.13. The van der Waals surface area contributed by atoms with Crippen LogP contribution in [0.1, 0.15) is 0 Å². The fourth-order valence-corrected chi connectivity index (χ4v) is 9.06. The van der Waals surface area contributed by atoms with Gasteiger partial charge >= 0.3 is 0 Å². The number of pyridine rings is 2. The first-order valence-electron chi connectivity index (χ1n) is 22.3. The van der Waals surface area contributed by atoms with Gasteiger partial charge in [-0.3, -0.25) is 0 Å². The Bertz CT molecular complexity index is 3700. The van der Waals surface area contributed by atoms with E-state index >= 15 is 0 Å². The molecule has 0 aliphatic rings. The third-order valence-corrected chi connectivity index (χ3v) is 12.5. The Labute approximate surface area is 383 Å². The van der Waals surface area contributed by atoms with Gasteiger partial charge in [-0.15, -0.1) is 0 Å². The SMILES string of the molecule is c1ccc(-c2ccc(-c3cc(-c4ccc(-c5ccc(-c6ccc(-c7ccc8ccc9ccc(-c%10ccccc%10)nc9c8n7)c7ccccc67)cc5)cc4)nc(-c4ccccc4)n3)cc2)cc1. The first-order chi connectivity index (χ1) is 32.7. The number of aromatic nitrogens is 4. The maximum absolute atomic E-state index is 5.31. The van der Waals surface area contributed by atoms with Crippen LogP contribution in [0.4, 0.5) is 0 Å². The number of fused-ring (bicyclic) bond motifs is 4. The van der Waals surface area contributed by atoms with Gasteiger partial charge in [0.05, 0.1) is 33.8 Å². The predicted molar refractivity (Wildman–Crippen MR) is 274 cm³/mol. The summed E-state index contributed by atoms with van der Waals surface area (Å²) >= 11 is 0. The van der Waals surface area contributed by atoms with Crippen LogP contribution in [-0.2, 0) is 0 Å². The van der Waals surface area contributed by atoms with Crippen molar-refractivity contribution in [1.29, 1.82) is 0 Å². The van der Waals surface area contributed by atoms with Crippen molar-refractivity contribution in [1.82, 2.24) is 19.9 Å². The first-order valence-corrected chi connectivity index (χ1v) is 22.3. The van der Waals surface area contributed by atoms with Crippen molar-refractivity contribution in [2.24, 2.45) is 0 Å². The lowest BCUT2D eigenvalue weighted by molar-refractivity contribution is 1.18. The summed E-state index contributed by atoms with van der Waals surface area (Å²) in [5.74, 6) is 0.701. The monoisotopic (exact) mass is 840 g/mol. The molecule has 0 saturated heterocycles. The largest absolute Gasteiger partial charge is 0.245 e. The molecule has 0 aliphatic heterocycles. The molecule has 4 nitrogen and oxygen atoms in total. The van der Waals surface area contributed by atoms with E-state index < -0.39 is 0 Å². The minimum absolute atomic E-state index is 0.701. The Morgan fingerprint density at radius 3 is 1.12 bits per heavy atom. The predicted octanol–water partition coefficient (Wildman–Crippen LogP) is 16.1. The molecule has 9 aromatic carbocycles. The maximum Gasteiger partial charge on any atom is 0.160 e. The Kier molecular flexibility index (Phi) is 9.81. The summed E-state index contributed by atoms with van der Waals surface area (Å²) in [7, 11) is 0. The zero-order valence-corrected chi connectivity index (χ0v) is 35.9. The van der Waals surface area contributed by atoms with Crippen LogP contribution in [0.3, 0.4) is 0 Å². The van der Waals surface area contributed by atoms with Crippen molar-refractivity contribution in [3.05, 3.63) is 243 Å². The van der Waals surface area contributed by atoms with Crippen molar-refractivity contribution < 1.29 is 0 Å². The normalized spacial score (nSPS) is 11.3. The Balaban J connectivity index is 0.844. The molecule has 3 aromatic heterocycles. The van der Waals surface area contributed by atoms with Crippen molar-refractivity contribution >= 4 is 32.6 Å². The Morgan fingerprint density at radius 2 is 0.576 bits per heavy atom. The van der Waals surface area contributed by atoms with E-state index in [4.69, 9.17) is 19.9 Å². The highest BCUT2D eigenvalue weighted by Gasteiger charge is 2.15. The second kappa shape index (κ2) is 16.7. The molecule has 0 fully saturated rings. The van der Waals surface area contributed by atoms with Crippen LogP contribution in [0, 0.1) is 0 Å². The van der Waals surface area contributed by atoms with E-state index in [0.717, 1.165) is 94.5 Å². The molecule has 0 radical (unpaired) electrons. The molecule has 0 atom stereocenters. The highest BCUT2D eigenvalue weighted by Crippen LogP contribution is 2.38. The van der Waals surface area contributed by atoms with Gasteiger partial charge in [-0.25, -0.2) is 19.9 Å². The molecule has 0 spiro atoms. The lowest BCUT2D eigenvalue weighted by atomic mass is 9.92. The zero-order chi connectivity index (χ0) is 43.8. The van der Waals surface area contributed by atoms with Gasteiger partial charge in [0.25, 0.3) is 0 Å². The van der Waals surface area contributed by atoms with Crippen molar-refractivity contribution in [2.75, 3.05) is 0 Å². The van der Waals surface area contributed by atoms with Gasteiger partial charge in [-0.2, -0.15) is 0 Å². The van der Waals surface area contributed by atoms with Gasteiger partial charge < -0.3 is 0 Å². The van der Waals surface area contributed by atoms with Gasteiger partial charge in [-0.05, 0) is 62.4 Å². The van der Waals surface area contributed by atoms with Gasteiger partial charge in [0.15, 0.2) is 5.82 Å². The summed E-state index contributed by atoms with van der Waals surface area (Å²) in [4.78, 5) is 20.6. The Hall–Kier alpha value is -8.86. The highest BCUT2D eigenvalue weighted by atomic mass is 14.9. The molecule has 12 aromatic rings. The molecule has 4 heteroatoms. The van der Waals surface area contributed by atoms with Crippen LogP contribution in [-0.4, -0.2) is 19.9 Å². The van der Waals surface area contributed by atoms with Crippen molar-refractivity contribution in [3.63, 3.8) is 0 Å². The van der Waals surface area contributed by atoms with Crippen LogP contribution in [0.15, 0.2) is 243 Å². The molecule has 0 N–H and O–H groups in total. The molecule has 0 amide bonds. The van der Waals surface area contributed by atoms with E-state index in [-0.39, 0.29) is 0 Å². The third-order valence-electron chi connectivity index (χ3n) is 12.5. The summed E-state index contributed by atoms with van der Waals surface area (Å²) in [6.45, 7) is 0. The Morgan fingerprint density at radius 1 is 0.212 bits per heavy atom. The fourth-order valence-electron chi connectivity index (χ4n) is 9.06. The molecular formula is C62H40N4. The molecule has 0 aliphatic carbocycles. The summed E-state index contributed by atoms with van der Waals surface area (Å²) in [5, 5.41) is 4.49. The number of hydrogen-bond acceptors (Lipinski definition) is 4. The highest BCUT2D eigenvalue weighted by molar-refractivity contribution is 6.07. The minimum atomic E-state index is 0.701. The minimum Gasteiger partial charge on any atom is -0.245 e. The van der Waals surface area contributed by atoms with Crippen LogP contribution < -0.4 is 0 Å². The lowest BCUT2D eigenvalue weighted by Crippen LogP contribution is -1.96. The fraction of sp³-hybridized carbons (Fsp3) is 0. The maximum atomic E-state index is 5.31. The van der Waals surface area contributed by atoms with Crippen LogP contribution >= 0.6 is 0 Å². The second-order valence-corrected chi connectivity index (χ2v) is 16.6. The molecule has 0 unspecified atom stereocenters. The number of benzene rings is 9.